The molecule has 5 N–H and O–H groups in total. The number of nitrogens with one attached hydrogen (secondary N) is 1. The summed E-state index contributed by atoms with van der Waals surface area (Å²) >= 11 is 0. The highest BCUT2D eigenvalue weighted by molar-refractivity contribution is 6.01. The molecule has 3 atom stereocenters. The molecule has 2 aliphatic rings. The zero-order valence-corrected chi connectivity index (χ0v) is 16.9. The molecule has 12 heteroatoms. The summed E-state index contributed by atoms with van der Waals surface area (Å²) in [4.78, 5) is 62.3. The topological polar surface area (TPSA) is 185 Å². The predicted molar refractivity (Wildman–Crippen MR) is 106 cm³/mol. The van der Waals surface area contributed by atoms with E-state index in [2.05, 4.69) is 5.32 Å². The maximum Gasteiger partial charge on any atom is 0.414 e. The Hall–Kier alpha value is -3.83. The maximum atomic E-state index is 13.2. The third-order valence-electron chi connectivity index (χ3n) is 5.64. The van der Waals surface area contributed by atoms with Gasteiger partial charge in [-0.2, -0.15) is 0 Å². The molecule has 0 bridgehead atoms. The third-order valence-corrected chi connectivity index (χ3v) is 5.64. The predicted octanol–water partition coefficient (Wildman–Crippen LogP) is -0.130. The van der Waals surface area contributed by atoms with Gasteiger partial charge in [0.2, 0.25) is 17.7 Å². The molecular formula is C20H23N3O9. The highest BCUT2D eigenvalue weighted by Gasteiger charge is 2.43. The largest absolute Gasteiger partial charge is 0.504 e. The Morgan fingerprint density at radius 1 is 1.06 bits per heavy atom. The molecule has 172 valence electrons. The summed E-state index contributed by atoms with van der Waals surface area (Å²) in [5, 5.41) is 40.3. The first-order chi connectivity index (χ1) is 15.1. The highest BCUT2D eigenvalue weighted by atomic mass is 16.4. The van der Waals surface area contributed by atoms with Crippen LogP contribution < -0.4 is 5.32 Å². The number of imide groups is 1. The molecule has 0 aliphatic carbocycles. The van der Waals surface area contributed by atoms with E-state index in [1.54, 1.807) is 0 Å². The Kier molecular flexibility index (Phi) is 6.51. The van der Waals surface area contributed by atoms with Crippen molar-refractivity contribution in [2.24, 2.45) is 0 Å². The Morgan fingerprint density at radius 2 is 1.78 bits per heavy atom. The molecule has 2 unspecified atom stereocenters. The molecule has 0 radical (unpaired) electrons. The third kappa shape index (κ3) is 4.58. The first-order valence-electron chi connectivity index (χ1n) is 9.99. The van der Waals surface area contributed by atoms with E-state index >= 15 is 0 Å². The molecule has 32 heavy (non-hydrogen) atoms. The number of carbonyl (C=O) groups excluding carboxylic acids is 3. The van der Waals surface area contributed by atoms with Crippen molar-refractivity contribution in [3.63, 3.8) is 0 Å². The zero-order chi connectivity index (χ0) is 23.6. The van der Waals surface area contributed by atoms with Crippen molar-refractivity contribution in [3.05, 3.63) is 23.8 Å². The molecule has 1 aromatic carbocycles. The van der Waals surface area contributed by atoms with Gasteiger partial charge < -0.3 is 30.6 Å². The van der Waals surface area contributed by atoms with Gasteiger partial charge in [-0.25, -0.2) is 14.5 Å². The number of carboxylic acid groups (broad SMARTS) is 2. The van der Waals surface area contributed by atoms with Crippen molar-refractivity contribution < 1.29 is 44.4 Å². The maximum absolute atomic E-state index is 13.2. The molecule has 0 spiro atoms. The lowest BCUT2D eigenvalue weighted by Gasteiger charge is -2.29. The standard InChI is InChI=1S/C20H23N3O9/c24-14-5-3-10(9-15(14)25)8-11(18(28)22-7-1-2-13(22)19(29)30)21-17(27)12-4-6-16(26)23(12)20(31)32/h3,5,9,11-13,24-25H,1-2,4,6-8H2,(H,21,27)(H,29,30)(H,31,32)/t11?,12?,13-/m0/s1. The second kappa shape index (κ2) is 9.12. The summed E-state index contributed by atoms with van der Waals surface area (Å²) in [5.74, 6) is -4.26. The molecule has 12 nitrogen and oxygen atoms in total. The van der Waals surface area contributed by atoms with E-state index in [0.717, 1.165) is 4.90 Å². The van der Waals surface area contributed by atoms with Crippen molar-refractivity contribution in [1.82, 2.24) is 15.1 Å². The number of phenols is 2. The van der Waals surface area contributed by atoms with E-state index in [-0.39, 0.29) is 38.0 Å². The van der Waals surface area contributed by atoms with Gasteiger partial charge >= 0.3 is 12.1 Å². The number of hydrogen-bond acceptors (Lipinski definition) is 7. The van der Waals surface area contributed by atoms with Crippen LogP contribution in [0.5, 0.6) is 11.5 Å². The number of likely N-dealkylation sites (tertiary alicyclic amines) is 2. The summed E-state index contributed by atoms with van der Waals surface area (Å²) in [6.07, 6.45) is -1.19. The number of aliphatic carboxylic acids is 1. The summed E-state index contributed by atoms with van der Waals surface area (Å²) < 4.78 is 0. The quantitative estimate of drug-likeness (QED) is 0.369. The van der Waals surface area contributed by atoms with Crippen LogP contribution in [0.3, 0.4) is 0 Å². The number of nitrogens with zero attached hydrogens (tertiary/aromatic N) is 2. The van der Waals surface area contributed by atoms with Crippen LogP contribution >= 0.6 is 0 Å². The number of benzene rings is 1. The number of hydrogen-bond donors (Lipinski definition) is 5. The summed E-state index contributed by atoms with van der Waals surface area (Å²) in [6.45, 7) is 0.173. The van der Waals surface area contributed by atoms with Gasteiger partial charge in [-0.15, -0.1) is 0 Å². The van der Waals surface area contributed by atoms with Crippen LogP contribution in [0.2, 0.25) is 0 Å². The number of amides is 4. The van der Waals surface area contributed by atoms with Gasteiger partial charge in [0, 0.05) is 19.4 Å². The average Bonchev–Trinajstić information content (AvgIpc) is 3.36. The lowest BCUT2D eigenvalue weighted by molar-refractivity contribution is -0.149. The van der Waals surface area contributed by atoms with E-state index in [0.29, 0.717) is 16.9 Å². The normalized spacial score (nSPS) is 21.4. The van der Waals surface area contributed by atoms with Gasteiger partial charge in [0.15, 0.2) is 11.5 Å². The van der Waals surface area contributed by atoms with Crippen LogP contribution in [0.1, 0.15) is 31.2 Å². The number of phenolic OH excluding ortho intramolecular Hbond substituents is 2. The number of rotatable bonds is 6. The molecule has 2 aliphatic heterocycles. The Morgan fingerprint density at radius 3 is 2.41 bits per heavy atom. The SMILES string of the molecule is O=C(NC(Cc1ccc(O)c(O)c1)C(=O)N1CCC[C@H]1C(=O)O)C1CCC(=O)N1C(=O)O. The minimum atomic E-state index is -1.58. The van der Waals surface area contributed by atoms with E-state index < -0.39 is 53.7 Å². The minimum Gasteiger partial charge on any atom is -0.504 e. The van der Waals surface area contributed by atoms with Crippen LogP contribution in [0.15, 0.2) is 18.2 Å². The van der Waals surface area contributed by atoms with Gasteiger partial charge in [-0.05, 0) is 37.0 Å². The molecule has 4 amide bonds. The second-order valence-corrected chi connectivity index (χ2v) is 7.72. The number of carbonyl (C=O) groups is 5. The van der Waals surface area contributed by atoms with Gasteiger partial charge in [0.05, 0.1) is 0 Å². The van der Waals surface area contributed by atoms with Crippen molar-refractivity contribution in [1.29, 1.82) is 0 Å². The zero-order valence-electron chi connectivity index (χ0n) is 16.9. The average molecular weight is 449 g/mol. The molecule has 3 rings (SSSR count). The van der Waals surface area contributed by atoms with E-state index in [9.17, 15) is 44.4 Å². The Bertz CT molecular complexity index is 964. The van der Waals surface area contributed by atoms with Crippen LogP contribution in [0.25, 0.3) is 0 Å². The summed E-state index contributed by atoms with van der Waals surface area (Å²) in [7, 11) is 0. The van der Waals surface area contributed by atoms with E-state index in [4.69, 9.17) is 0 Å². The van der Waals surface area contributed by atoms with Crippen LogP contribution in [-0.4, -0.2) is 84.7 Å². The van der Waals surface area contributed by atoms with Gasteiger partial charge in [0.1, 0.15) is 18.1 Å². The molecule has 2 heterocycles. The monoisotopic (exact) mass is 449 g/mol. The lowest BCUT2D eigenvalue weighted by atomic mass is 10.0. The first-order valence-corrected chi connectivity index (χ1v) is 9.99. The smallest absolute Gasteiger partial charge is 0.414 e. The van der Waals surface area contributed by atoms with Crippen molar-refractivity contribution >= 4 is 29.8 Å². The van der Waals surface area contributed by atoms with Crippen molar-refractivity contribution in [3.8, 4) is 11.5 Å². The summed E-state index contributed by atoms with van der Waals surface area (Å²) in [5.41, 5.74) is 0.364. The van der Waals surface area contributed by atoms with Gasteiger partial charge in [-0.3, -0.25) is 14.4 Å². The van der Waals surface area contributed by atoms with Crippen LogP contribution in [0, 0.1) is 0 Å². The number of aromatic hydroxyl groups is 2. The molecule has 2 saturated heterocycles. The van der Waals surface area contributed by atoms with Gasteiger partial charge in [-0.1, -0.05) is 6.07 Å². The fourth-order valence-electron chi connectivity index (χ4n) is 4.06. The van der Waals surface area contributed by atoms with Crippen molar-refractivity contribution in [2.75, 3.05) is 6.54 Å². The Labute approximate surface area is 182 Å². The number of carboxylic acids is 1. The Balaban J connectivity index is 1.86. The fourth-order valence-corrected chi connectivity index (χ4v) is 4.06. The molecule has 1 aromatic rings. The summed E-state index contributed by atoms with van der Waals surface area (Å²) in [6, 6.07) is 0.172. The fraction of sp³-hybridized carbons (Fsp3) is 0.450. The lowest BCUT2D eigenvalue weighted by Crippen LogP contribution is -2.56. The van der Waals surface area contributed by atoms with Gasteiger partial charge in [0.25, 0.3) is 0 Å². The van der Waals surface area contributed by atoms with E-state index in [1.807, 2.05) is 0 Å². The van der Waals surface area contributed by atoms with Crippen molar-refractivity contribution in [2.45, 2.75) is 50.2 Å². The van der Waals surface area contributed by atoms with E-state index in [1.165, 1.54) is 18.2 Å². The molecule has 0 aromatic heterocycles. The highest BCUT2D eigenvalue weighted by Crippen LogP contribution is 2.27. The van der Waals surface area contributed by atoms with Crippen LogP contribution in [-0.2, 0) is 25.6 Å². The minimum absolute atomic E-state index is 0.0423. The molecular weight excluding hydrogens is 426 g/mol. The van der Waals surface area contributed by atoms with Crippen LogP contribution in [0.4, 0.5) is 4.79 Å². The molecule has 0 saturated carbocycles. The molecule has 2 fully saturated rings. The second-order valence-electron chi connectivity index (χ2n) is 7.72. The first kappa shape index (κ1) is 22.8.